The van der Waals surface area contributed by atoms with Crippen LogP contribution in [0.15, 0.2) is 43.0 Å². The van der Waals surface area contributed by atoms with Gasteiger partial charge in [-0.1, -0.05) is 43.3 Å². The first-order valence-corrected chi connectivity index (χ1v) is 5.41. The summed E-state index contributed by atoms with van der Waals surface area (Å²) in [5.41, 5.74) is 1.99. The van der Waals surface area contributed by atoms with E-state index in [9.17, 15) is 0 Å². The molecule has 0 heteroatoms. The van der Waals surface area contributed by atoms with E-state index in [1.54, 1.807) is 0 Å². The average Bonchev–Trinajstić information content (AvgIpc) is 2.95. The molecule has 0 nitrogen and oxygen atoms in total. The molecule has 0 radical (unpaired) electrons. The van der Waals surface area contributed by atoms with E-state index in [1.807, 2.05) is 0 Å². The quantitative estimate of drug-likeness (QED) is 0.627. The molecule has 1 saturated carbocycles. The number of hydrogen-bond acceptors (Lipinski definition) is 0. The topological polar surface area (TPSA) is 0 Å². The third-order valence-corrected chi connectivity index (χ3v) is 3.52. The number of benzene rings is 1. The van der Waals surface area contributed by atoms with Crippen LogP contribution in [0.25, 0.3) is 0 Å². The monoisotopic (exact) mass is 186 g/mol. The molecule has 14 heavy (non-hydrogen) atoms. The third kappa shape index (κ3) is 1.89. The highest BCUT2D eigenvalue weighted by Crippen LogP contribution is 2.52. The summed E-state index contributed by atoms with van der Waals surface area (Å²) < 4.78 is 0. The predicted molar refractivity (Wildman–Crippen MR) is 61.2 cm³/mol. The molecule has 2 rings (SSSR count). The molecule has 1 aliphatic rings. The van der Waals surface area contributed by atoms with E-state index in [0.717, 1.165) is 6.42 Å². The minimum Gasteiger partial charge on any atom is -0.103 e. The molecule has 0 aliphatic heterocycles. The van der Waals surface area contributed by atoms with Crippen LogP contribution in [0.2, 0.25) is 0 Å². The van der Waals surface area contributed by atoms with Crippen molar-refractivity contribution in [2.24, 2.45) is 11.3 Å². The van der Waals surface area contributed by atoms with Crippen molar-refractivity contribution in [2.75, 3.05) is 0 Å². The van der Waals surface area contributed by atoms with E-state index >= 15 is 0 Å². The zero-order valence-electron chi connectivity index (χ0n) is 8.87. The van der Waals surface area contributed by atoms with E-state index in [-0.39, 0.29) is 0 Å². The standard InChI is InChI=1S/C14H18/c1-3-13(14(2)9-10-14)11-12-7-5-4-6-8-12/h3-8,13H,1,9-11H2,2H3. The summed E-state index contributed by atoms with van der Waals surface area (Å²) >= 11 is 0. The fourth-order valence-electron chi connectivity index (χ4n) is 2.05. The summed E-state index contributed by atoms with van der Waals surface area (Å²) in [5, 5.41) is 0. The Hall–Kier alpha value is -1.04. The fraction of sp³-hybridized carbons (Fsp3) is 0.429. The second-order valence-electron chi connectivity index (χ2n) is 4.69. The zero-order valence-corrected chi connectivity index (χ0v) is 8.87. The molecule has 0 spiro atoms. The van der Waals surface area contributed by atoms with Crippen LogP contribution in [0.4, 0.5) is 0 Å². The molecule has 0 amide bonds. The van der Waals surface area contributed by atoms with Crippen molar-refractivity contribution >= 4 is 0 Å². The Labute approximate surface area is 86.7 Å². The molecule has 0 bridgehead atoms. The summed E-state index contributed by atoms with van der Waals surface area (Å²) in [6, 6.07) is 10.7. The Balaban J connectivity index is 2.05. The van der Waals surface area contributed by atoms with Crippen LogP contribution in [0.1, 0.15) is 25.3 Å². The maximum atomic E-state index is 3.96. The summed E-state index contributed by atoms with van der Waals surface area (Å²) in [5.74, 6) is 0.657. The maximum Gasteiger partial charge on any atom is -0.0142 e. The van der Waals surface area contributed by atoms with Crippen molar-refractivity contribution in [3.05, 3.63) is 48.6 Å². The molecule has 0 aromatic heterocycles. The second-order valence-corrected chi connectivity index (χ2v) is 4.69. The highest BCUT2D eigenvalue weighted by atomic mass is 14.5. The van der Waals surface area contributed by atoms with Crippen molar-refractivity contribution in [2.45, 2.75) is 26.2 Å². The van der Waals surface area contributed by atoms with Gasteiger partial charge >= 0.3 is 0 Å². The Morgan fingerprint density at radius 2 is 2.00 bits per heavy atom. The lowest BCUT2D eigenvalue weighted by atomic mass is 9.85. The van der Waals surface area contributed by atoms with Gasteiger partial charge in [0.15, 0.2) is 0 Å². The van der Waals surface area contributed by atoms with E-state index in [0.29, 0.717) is 11.3 Å². The van der Waals surface area contributed by atoms with E-state index in [4.69, 9.17) is 0 Å². The first kappa shape index (κ1) is 9.51. The Morgan fingerprint density at radius 3 is 2.50 bits per heavy atom. The first-order chi connectivity index (χ1) is 6.74. The van der Waals surface area contributed by atoms with Crippen LogP contribution in [-0.4, -0.2) is 0 Å². The molecule has 1 aliphatic carbocycles. The zero-order chi connectivity index (χ0) is 10.0. The van der Waals surface area contributed by atoms with Gasteiger partial charge in [-0.05, 0) is 36.2 Å². The summed E-state index contributed by atoms with van der Waals surface area (Å²) in [6.45, 7) is 6.34. The van der Waals surface area contributed by atoms with Gasteiger partial charge in [-0.15, -0.1) is 6.58 Å². The van der Waals surface area contributed by atoms with Crippen molar-refractivity contribution in [1.82, 2.24) is 0 Å². The van der Waals surface area contributed by atoms with Gasteiger partial charge in [-0.3, -0.25) is 0 Å². The van der Waals surface area contributed by atoms with Crippen LogP contribution in [0, 0.1) is 11.3 Å². The molecular formula is C14H18. The van der Waals surface area contributed by atoms with Gasteiger partial charge in [0, 0.05) is 0 Å². The van der Waals surface area contributed by atoms with Crippen molar-refractivity contribution in [3.8, 4) is 0 Å². The van der Waals surface area contributed by atoms with Crippen LogP contribution in [0.5, 0.6) is 0 Å². The number of rotatable bonds is 4. The van der Waals surface area contributed by atoms with Crippen molar-refractivity contribution in [3.63, 3.8) is 0 Å². The Kier molecular flexibility index (Phi) is 2.45. The third-order valence-electron chi connectivity index (χ3n) is 3.52. The molecule has 1 atom stereocenters. The Morgan fingerprint density at radius 1 is 1.36 bits per heavy atom. The Bertz CT molecular complexity index is 306. The van der Waals surface area contributed by atoms with E-state index in [2.05, 4.69) is 49.9 Å². The highest BCUT2D eigenvalue weighted by molar-refractivity contribution is 5.18. The maximum absolute atomic E-state index is 3.96. The van der Waals surface area contributed by atoms with Crippen molar-refractivity contribution < 1.29 is 0 Å². The van der Waals surface area contributed by atoms with Crippen molar-refractivity contribution in [1.29, 1.82) is 0 Å². The molecule has 0 N–H and O–H groups in total. The normalized spacial score (nSPS) is 20.1. The van der Waals surface area contributed by atoms with Gasteiger partial charge in [-0.25, -0.2) is 0 Å². The molecule has 1 unspecified atom stereocenters. The first-order valence-electron chi connectivity index (χ1n) is 5.41. The summed E-state index contributed by atoms with van der Waals surface area (Å²) in [7, 11) is 0. The second kappa shape index (κ2) is 3.61. The van der Waals surface area contributed by atoms with Gasteiger partial charge in [-0.2, -0.15) is 0 Å². The van der Waals surface area contributed by atoms with Crippen LogP contribution in [-0.2, 0) is 6.42 Å². The smallest absolute Gasteiger partial charge is 0.0142 e. The lowest BCUT2D eigenvalue weighted by molar-refractivity contribution is 0.405. The van der Waals surface area contributed by atoms with Gasteiger partial charge in [0.2, 0.25) is 0 Å². The number of hydrogen-bond donors (Lipinski definition) is 0. The molecule has 0 heterocycles. The molecule has 1 aromatic rings. The van der Waals surface area contributed by atoms with Crippen LogP contribution in [0.3, 0.4) is 0 Å². The minimum absolute atomic E-state index is 0.553. The highest BCUT2D eigenvalue weighted by Gasteiger charge is 2.42. The fourth-order valence-corrected chi connectivity index (χ4v) is 2.05. The predicted octanol–water partition coefficient (Wildman–Crippen LogP) is 3.83. The lowest BCUT2D eigenvalue weighted by Crippen LogP contribution is -2.12. The van der Waals surface area contributed by atoms with Gasteiger partial charge < -0.3 is 0 Å². The van der Waals surface area contributed by atoms with E-state index in [1.165, 1.54) is 18.4 Å². The summed E-state index contributed by atoms with van der Waals surface area (Å²) in [4.78, 5) is 0. The van der Waals surface area contributed by atoms with E-state index < -0.39 is 0 Å². The summed E-state index contributed by atoms with van der Waals surface area (Å²) in [6.07, 6.45) is 6.04. The molecule has 1 aromatic carbocycles. The largest absolute Gasteiger partial charge is 0.103 e. The van der Waals surface area contributed by atoms with Gasteiger partial charge in [0.05, 0.1) is 0 Å². The molecule has 0 saturated heterocycles. The SMILES string of the molecule is C=CC(Cc1ccccc1)C1(C)CC1. The van der Waals surface area contributed by atoms with Gasteiger partial charge in [0.1, 0.15) is 0 Å². The van der Waals surface area contributed by atoms with Gasteiger partial charge in [0.25, 0.3) is 0 Å². The molecule has 1 fully saturated rings. The lowest BCUT2D eigenvalue weighted by Gasteiger charge is -2.19. The van der Waals surface area contributed by atoms with Crippen LogP contribution < -0.4 is 0 Å². The minimum atomic E-state index is 0.553. The van der Waals surface area contributed by atoms with Crippen LogP contribution >= 0.6 is 0 Å². The average molecular weight is 186 g/mol. The molecule has 74 valence electrons. The molecular weight excluding hydrogens is 168 g/mol. The number of allylic oxidation sites excluding steroid dienone is 1.